The van der Waals surface area contributed by atoms with Crippen LogP contribution in [0.3, 0.4) is 0 Å². The molecular formula is C15H26N4O2S. The van der Waals surface area contributed by atoms with E-state index in [9.17, 15) is 9.59 Å². The van der Waals surface area contributed by atoms with Gasteiger partial charge in [-0.1, -0.05) is 45.4 Å². The second-order valence-corrected chi connectivity index (χ2v) is 7.32. The maximum Gasteiger partial charge on any atom is 0.325 e. The first-order chi connectivity index (χ1) is 10.5. The molecule has 22 heavy (non-hydrogen) atoms. The van der Waals surface area contributed by atoms with Gasteiger partial charge in [0.05, 0.1) is 0 Å². The number of carbonyl (C=O) groups excluding carboxylic acids is 2. The highest BCUT2D eigenvalue weighted by Gasteiger charge is 2.48. The third kappa shape index (κ3) is 3.39. The number of nitrogens with one attached hydrogen (secondary N) is 1. The number of amidine groups is 1. The van der Waals surface area contributed by atoms with Gasteiger partial charge in [-0.25, -0.2) is 9.79 Å². The number of nitrogens with zero attached hydrogens (tertiary/aromatic N) is 3. The molecule has 0 aliphatic carbocycles. The molecule has 3 atom stereocenters. The minimum Gasteiger partial charge on any atom is -0.336 e. The van der Waals surface area contributed by atoms with Crippen molar-refractivity contribution in [3.8, 4) is 0 Å². The molecule has 2 aliphatic rings. The zero-order chi connectivity index (χ0) is 16.3. The molecule has 6 nitrogen and oxygen atoms in total. The molecule has 1 N–H and O–H groups in total. The second-order valence-electron chi connectivity index (χ2n) is 5.91. The average Bonchev–Trinajstić information content (AvgIpc) is 2.84. The number of unbranched alkanes of at least 4 members (excludes halogenated alkanes) is 2. The Balaban J connectivity index is 2.20. The maximum absolute atomic E-state index is 12.3. The first-order valence-electron chi connectivity index (χ1n) is 8.08. The first-order valence-corrected chi connectivity index (χ1v) is 8.96. The summed E-state index contributed by atoms with van der Waals surface area (Å²) in [5, 5.41) is 3.77. The molecule has 0 aromatic carbocycles. The lowest BCUT2D eigenvalue weighted by atomic mass is 10.1. The summed E-state index contributed by atoms with van der Waals surface area (Å²) in [6.07, 6.45) is 3.95. The van der Waals surface area contributed by atoms with E-state index in [-0.39, 0.29) is 18.0 Å². The minimum atomic E-state index is -0.394. The molecule has 0 aromatic rings. The smallest absolute Gasteiger partial charge is 0.325 e. The van der Waals surface area contributed by atoms with E-state index >= 15 is 0 Å². The van der Waals surface area contributed by atoms with Crippen molar-refractivity contribution in [2.45, 2.75) is 63.9 Å². The quantitative estimate of drug-likeness (QED) is 0.760. The van der Waals surface area contributed by atoms with Crippen LogP contribution in [0.15, 0.2) is 4.99 Å². The van der Waals surface area contributed by atoms with E-state index < -0.39 is 6.17 Å². The molecule has 7 heteroatoms. The highest BCUT2D eigenvalue weighted by molar-refractivity contribution is 8.14. The Hall–Kier alpha value is -1.24. The number of fused-ring (bicyclic) bond motifs is 1. The zero-order valence-corrected chi connectivity index (χ0v) is 14.7. The van der Waals surface area contributed by atoms with Gasteiger partial charge in [-0.15, -0.1) is 0 Å². The lowest BCUT2D eigenvalue weighted by Gasteiger charge is -2.36. The molecule has 124 valence electrons. The average molecular weight is 326 g/mol. The van der Waals surface area contributed by atoms with Gasteiger partial charge >= 0.3 is 6.03 Å². The van der Waals surface area contributed by atoms with Crippen LogP contribution >= 0.6 is 11.8 Å². The van der Waals surface area contributed by atoms with Gasteiger partial charge in [-0.3, -0.25) is 10.1 Å². The van der Waals surface area contributed by atoms with E-state index in [0.29, 0.717) is 5.25 Å². The molecule has 0 radical (unpaired) electrons. The Morgan fingerprint density at radius 1 is 1.32 bits per heavy atom. The van der Waals surface area contributed by atoms with E-state index in [0.717, 1.165) is 37.4 Å². The summed E-state index contributed by atoms with van der Waals surface area (Å²) in [6, 6.07) is -0.746. The maximum atomic E-state index is 12.3. The van der Waals surface area contributed by atoms with Gasteiger partial charge in [-0.05, 0) is 12.8 Å². The van der Waals surface area contributed by atoms with Crippen molar-refractivity contribution in [2.24, 2.45) is 4.99 Å². The number of thioether (sulfide) groups is 1. The Morgan fingerprint density at radius 3 is 2.68 bits per heavy atom. The summed E-state index contributed by atoms with van der Waals surface area (Å²) >= 11 is 1.70. The van der Waals surface area contributed by atoms with Crippen LogP contribution in [0.5, 0.6) is 0 Å². The normalized spacial score (nSPS) is 25.9. The Bertz CT molecular complexity index is 468. The molecule has 2 rings (SSSR count). The van der Waals surface area contributed by atoms with E-state index in [1.165, 1.54) is 4.90 Å². The molecule has 3 amide bonds. The van der Waals surface area contributed by atoms with Crippen LogP contribution in [-0.4, -0.2) is 58.0 Å². The Kier molecular flexibility index (Phi) is 5.72. The molecule has 3 unspecified atom stereocenters. The summed E-state index contributed by atoms with van der Waals surface area (Å²) in [5.41, 5.74) is 0. The molecule has 1 saturated heterocycles. The van der Waals surface area contributed by atoms with Gasteiger partial charge in [0.25, 0.3) is 5.91 Å². The van der Waals surface area contributed by atoms with Crippen LogP contribution in [0, 0.1) is 0 Å². The van der Waals surface area contributed by atoms with Gasteiger partial charge in [-0.2, -0.15) is 0 Å². The summed E-state index contributed by atoms with van der Waals surface area (Å²) in [5.74, 6) is -0.229. The van der Waals surface area contributed by atoms with E-state index in [1.54, 1.807) is 18.8 Å². The van der Waals surface area contributed by atoms with Crippen LogP contribution in [0.1, 0.15) is 46.5 Å². The predicted octanol–water partition coefficient (Wildman–Crippen LogP) is 2.26. The van der Waals surface area contributed by atoms with Crippen molar-refractivity contribution < 1.29 is 9.59 Å². The van der Waals surface area contributed by atoms with Crippen molar-refractivity contribution >= 4 is 28.9 Å². The number of imide groups is 1. The standard InChI is InChI=1S/C15H26N4O2S/c1-5-7-8-9-19-11-12(16-15(19)22-10(3)6-2)18(4)14(21)17-13(11)20/h10-12H,5-9H2,1-4H3,(H,17,20,21). The Morgan fingerprint density at radius 2 is 2.05 bits per heavy atom. The number of amides is 3. The van der Waals surface area contributed by atoms with E-state index in [2.05, 4.69) is 36.0 Å². The second kappa shape index (κ2) is 7.35. The first kappa shape index (κ1) is 17.1. The van der Waals surface area contributed by atoms with Crippen molar-refractivity contribution in [1.82, 2.24) is 15.1 Å². The molecule has 0 bridgehead atoms. The molecule has 0 aromatic heterocycles. The van der Waals surface area contributed by atoms with Crippen molar-refractivity contribution in [3.05, 3.63) is 0 Å². The van der Waals surface area contributed by atoms with Crippen LogP contribution < -0.4 is 5.32 Å². The number of aliphatic imine (C=N–C) groups is 1. The lowest BCUT2D eigenvalue weighted by molar-refractivity contribution is -0.127. The van der Waals surface area contributed by atoms with Gasteiger partial charge in [0, 0.05) is 18.8 Å². The van der Waals surface area contributed by atoms with Crippen LogP contribution in [-0.2, 0) is 4.79 Å². The summed E-state index contributed by atoms with van der Waals surface area (Å²) < 4.78 is 0. The molecule has 2 heterocycles. The minimum absolute atomic E-state index is 0.229. The summed E-state index contributed by atoms with van der Waals surface area (Å²) in [7, 11) is 1.70. The van der Waals surface area contributed by atoms with Crippen molar-refractivity contribution in [2.75, 3.05) is 13.6 Å². The van der Waals surface area contributed by atoms with Gasteiger partial charge < -0.3 is 9.80 Å². The molecule has 1 fully saturated rings. The van der Waals surface area contributed by atoms with Gasteiger partial charge in [0.1, 0.15) is 0 Å². The monoisotopic (exact) mass is 326 g/mol. The lowest BCUT2D eigenvalue weighted by Crippen LogP contribution is -2.63. The largest absolute Gasteiger partial charge is 0.336 e. The number of hydrogen-bond donors (Lipinski definition) is 1. The number of urea groups is 1. The van der Waals surface area contributed by atoms with Crippen LogP contribution in [0.25, 0.3) is 0 Å². The Labute approximate surface area is 136 Å². The van der Waals surface area contributed by atoms with Crippen molar-refractivity contribution in [3.63, 3.8) is 0 Å². The van der Waals surface area contributed by atoms with Crippen LogP contribution in [0.2, 0.25) is 0 Å². The van der Waals surface area contributed by atoms with Crippen molar-refractivity contribution in [1.29, 1.82) is 0 Å². The van der Waals surface area contributed by atoms with E-state index in [4.69, 9.17) is 0 Å². The summed E-state index contributed by atoms with van der Waals surface area (Å²) in [6.45, 7) is 7.28. The molecular weight excluding hydrogens is 300 g/mol. The topological polar surface area (TPSA) is 65.0 Å². The van der Waals surface area contributed by atoms with E-state index in [1.807, 2.05) is 0 Å². The third-order valence-electron chi connectivity index (χ3n) is 4.21. The number of hydrogen-bond acceptors (Lipinski definition) is 5. The molecule has 0 spiro atoms. The SMILES string of the molecule is CCCCCN1C(SC(C)CC)=NC2C1C(=O)NC(=O)N2C. The third-order valence-corrected chi connectivity index (χ3v) is 5.49. The fourth-order valence-corrected chi connectivity index (χ4v) is 3.66. The fourth-order valence-electron chi connectivity index (χ4n) is 2.63. The zero-order valence-electron chi connectivity index (χ0n) is 13.8. The number of rotatable bonds is 6. The summed E-state index contributed by atoms with van der Waals surface area (Å²) in [4.78, 5) is 32.4. The fraction of sp³-hybridized carbons (Fsp3) is 0.800. The number of carbonyl (C=O) groups is 2. The molecule has 2 aliphatic heterocycles. The van der Waals surface area contributed by atoms with Gasteiger partial charge in [0.2, 0.25) is 0 Å². The molecule has 0 saturated carbocycles. The van der Waals surface area contributed by atoms with Crippen LogP contribution in [0.4, 0.5) is 4.79 Å². The highest BCUT2D eigenvalue weighted by Crippen LogP contribution is 2.31. The number of likely N-dealkylation sites (N-methyl/N-ethyl adjacent to an activating group) is 1. The van der Waals surface area contributed by atoms with Gasteiger partial charge in [0.15, 0.2) is 17.4 Å². The highest BCUT2D eigenvalue weighted by atomic mass is 32.2. The predicted molar refractivity (Wildman–Crippen MR) is 89.9 cm³/mol.